The van der Waals surface area contributed by atoms with E-state index in [-0.39, 0.29) is 24.7 Å². The molecule has 2 heterocycles. The average Bonchev–Trinajstić information content (AvgIpc) is 3.40. The molecule has 1 aromatic heterocycles. The molecule has 1 saturated carbocycles. The third-order valence-electron chi connectivity index (χ3n) is 5.50. The zero-order chi connectivity index (χ0) is 20.8. The summed E-state index contributed by atoms with van der Waals surface area (Å²) >= 11 is 0. The summed E-state index contributed by atoms with van der Waals surface area (Å²) in [5, 5.41) is 14.0. The Labute approximate surface area is 168 Å². The standard InChI is InChI=1S/C19H26FN5O4/c20-15-5-6-17(21-10-15)23-18(27)16-7-8-22-25(16)19(28)14(11-24(29)12-26)9-13-3-1-2-4-13/h5-6,10,12-14,16,22,29H,1-4,7-9,11H2,(H,21,23,27)/t14?,16-/m0/s1. The first-order valence-corrected chi connectivity index (χ1v) is 9.87. The van der Waals surface area contributed by atoms with Crippen molar-refractivity contribution in [2.45, 2.75) is 44.6 Å². The first-order valence-electron chi connectivity index (χ1n) is 9.87. The lowest BCUT2D eigenvalue weighted by Crippen LogP contribution is -2.51. The summed E-state index contributed by atoms with van der Waals surface area (Å²) in [6.07, 6.45) is 6.49. The van der Waals surface area contributed by atoms with E-state index in [4.69, 9.17) is 0 Å². The smallest absolute Gasteiger partial charge is 0.250 e. The molecule has 1 aliphatic carbocycles. The second-order valence-corrected chi connectivity index (χ2v) is 7.58. The summed E-state index contributed by atoms with van der Waals surface area (Å²) in [6.45, 7) is 0.318. The minimum absolute atomic E-state index is 0.120. The van der Waals surface area contributed by atoms with Crippen LogP contribution in [0.15, 0.2) is 18.3 Å². The van der Waals surface area contributed by atoms with Gasteiger partial charge in [0.25, 0.3) is 0 Å². The van der Waals surface area contributed by atoms with Crippen LogP contribution in [0.1, 0.15) is 38.5 Å². The van der Waals surface area contributed by atoms with E-state index in [0.29, 0.717) is 30.4 Å². The van der Waals surface area contributed by atoms with Crippen LogP contribution in [0.25, 0.3) is 0 Å². The van der Waals surface area contributed by atoms with E-state index in [9.17, 15) is 24.0 Å². The van der Waals surface area contributed by atoms with Crippen molar-refractivity contribution in [3.8, 4) is 0 Å². The summed E-state index contributed by atoms with van der Waals surface area (Å²) in [5.41, 5.74) is 2.93. The van der Waals surface area contributed by atoms with Gasteiger partial charge < -0.3 is 5.32 Å². The van der Waals surface area contributed by atoms with Crippen LogP contribution in [0, 0.1) is 17.7 Å². The highest BCUT2D eigenvalue weighted by atomic mass is 19.1. The molecule has 9 nitrogen and oxygen atoms in total. The monoisotopic (exact) mass is 407 g/mol. The van der Waals surface area contributed by atoms with Gasteiger partial charge >= 0.3 is 0 Å². The molecule has 2 fully saturated rings. The summed E-state index contributed by atoms with van der Waals surface area (Å²) in [5.74, 6) is -1.33. The molecular formula is C19H26FN5O4. The van der Waals surface area contributed by atoms with Crippen molar-refractivity contribution in [1.29, 1.82) is 0 Å². The molecule has 10 heteroatoms. The van der Waals surface area contributed by atoms with E-state index in [0.717, 1.165) is 31.9 Å². The minimum atomic E-state index is -0.760. The lowest BCUT2D eigenvalue weighted by molar-refractivity contribution is -0.159. The molecule has 3 rings (SSSR count). The Hall–Kier alpha value is -2.59. The number of nitrogens with one attached hydrogen (secondary N) is 2. The molecule has 2 aliphatic rings. The third-order valence-corrected chi connectivity index (χ3v) is 5.50. The Morgan fingerprint density at radius 2 is 2.14 bits per heavy atom. The molecular weight excluding hydrogens is 381 g/mol. The molecule has 1 saturated heterocycles. The quantitative estimate of drug-likeness (QED) is 0.340. The summed E-state index contributed by atoms with van der Waals surface area (Å²) in [6, 6.07) is 1.77. The van der Waals surface area contributed by atoms with Crippen LogP contribution in [-0.2, 0) is 14.4 Å². The van der Waals surface area contributed by atoms with Crippen molar-refractivity contribution in [2.75, 3.05) is 18.4 Å². The van der Waals surface area contributed by atoms with Gasteiger partial charge in [0.05, 0.1) is 18.7 Å². The van der Waals surface area contributed by atoms with E-state index >= 15 is 0 Å². The topological polar surface area (TPSA) is 115 Å². The normalized spacial score (nSPS) is 20.5. The summed E-state index contributed by atoms with van der Waals surface area (Å²) in [4.78, 5) is 40.5. The number of halogens is 1. The Bertz CT molecular complexity index is 726. The number of pyridine rings is 1. The highest BCUT2D eigenvalue weighted by Gasteiger charge is 2.39. The zero-order valence-electron chi connectivity index (χ0n) is 16.1. The number of hydrazine groups is 1. The van der Waals surface area contributed by atoms with Crippen molar-refractivity contribution < 1.29 is 24.0 Å². The SMILES string of the molecule is O=CN(O)CC(CC1CCCC1)C(=O)N1NCC[C@H]1C(=O)Nc1ccc(F)cn1. The van der Waals surface area contributed by atoms with Crippen LogP contribution in [-0.4, -0.2) is 57.6 Å². The Morgan fingerprint density at radius 3 is 2.79 bits per heavy atom. The Morgan fingerprint density at radius 1 is 1.38 bits per heavy atom. The molecule has 158 valence electrons. The fraction of sp³-hybridized carbons (Fsp3) is 0.579. The maximum Gasteiger partial charge on any atom is 0.250 e. The van der Waals surface area contributed by atoms with Gasteiger partial charge in [0.15, 0.2) is 0 Å². The molecule has 0 radical (unpaired) electrons. The van der Waals surface area contributed by atoms with E-state index in [1.54, 1.807) is 0 Å². The molecule has 0 bridgehead atoms. The molecule has 1 aromatic rings. The van der Waals surface area contributed by atoms with Gasteiger partial charge in [-0.25, -0.2) is 19.9 Å². The lowest BCUT2D eigenvalue weighted by atomic mass is 9.92. The number of anilines is 1. The van der Waals surface area contributed by atoms with Crippen LogP contribution in [0.5, 0.6) is 0 Å². The molecule has 29 heavy (non-hydrogen) atoms. The number of nitrogens with zero attached hydrogens (tertiary/aromatic N) is 3. The molecule has 3 N–H and O–H groups in total. The van der Waals surface area contributed by atoms with Gasteiger partial charge in [0.2, 0.25) is 18.2 Å². The van der Waals surface area contributed by atoms with Crippen LogP contribution in [0.3, 0.4) is 0 Å². The van der Waals surface area contributed by atoms with Crippen molar-refractivity contribution in [1.82, 2.24) is 20.5 Å². The summed E-state index contributed by atoms with van der Waals surface area (Å²) < 4.78 is 13.0. The van der Waals surface area contributed by atoms with E-state index in [1.165, 1.54) is 17.1 Å². The number of rotatable bonds is 8. The second kappa shape index (κ2) is 9.75. The van der Waals surface area contributed by atoms with E-state index < -0.39 is 23.7 Å². The van der Waals surface area contributed by atoms with Crippen LogP contribution < -0.4 is 10.7 Å². The Balaban J connectivity index is 1.68. The van der Waals surface area contributed by atoms with Crippen LogP contribution >= 0.6 is 0 Å². The number of carbonyl (C=O) groups excluding carboxylic acids is 3. The zero-order valence-corrected chi connectivity index (χ0v) is 16.1. The number of hydrogen-bond acceptors (Lipinski definition) is 6. The van der Waals surface area contributed by atoms with Crippen molar-refractivity contribution in [2.24, 2.45) is 11.8 Å². The fourth-order valence-electron chi connectivity index (χ4n) is 4.07. The van der Waals surface area contributed by atoms with Crippen LogP contribution in [0.4, 0.5) is 10.2 Å². The number of amides is 3. The number of hydrogen-bond donors (Lipinski definition) is 3. The molecule has 2 atom stereocenters. The van der Waals surface area contributed by atoms with Gasteiger partial charge in [0.1, 0.15) is 17.7 Å². The first-order chi connectivity index (χ1) is 14.0. The Kier molecular flexibility index (Phi) is 7.10. The fourth-order valence-corrected chi connectivity index (χ4v) is 4.07. The predicted octanol–water partition coefficient (Wildman–Crippen LogP) is 1.31. The van der Waals surface area contributed by atoms with Crippen molar-refractivity contribution in [3.63, 3.8) is 0 Å². The number of carbonyl (C=O) groups is 3. The molecule has 3 amide bonds. The van der Waals surface area contributed by atoms with Crippen LogP contribution in [0.2, 0.25) is 0 Å². The molecule has 1 unspecified atom stereocenters. The lowest BCUT2D eigenvalue weighted by Gasteiger charge is -2.29. The second-order valence-electron chi connectivity index (χ2n) is 7.58. The van der Waals surface area contributed by atoms with Gasteiger partial charge in [-0.2, -0.15) is 0 Å². The van der Waals surface area contributed by atoms with Gasteiger partial charge in [-0.15, -0.1) is 0 Å². The van der Waals surface area contributed by atoms with Crippen molar-refractivity contribution >= 4 is 24.0 Å². The largest absolute Gasteiger partial charge is 0.309 e. The van der Waals surface area contributed by atoms with Gasteiger partial charge in [-0.05, 0) is 30.9 Å². The predicted molar refractivity (Wildman–Crippen MR) is 101 cm³/mol. The molecule has 1 aliphatic heterocycles. The highest BCUT2D eigenvalue weighted by Crippen LogP contribution is 2.31. The minimum Gasteiger partial charge on any atom is -0.309 e. The van der Waals surface area contributed by atoms with E-state index in [2.05, 4.69) is 15.7 Å². The highest BCUT2D eigenvalue weighted by molar-refractivity contribution is 5.97. The van der Waals surface area contributed by atoms with E-state index in [1.807, 2.05) is 0 Å². The number of hydroxylamine groups is 2. The number of aromatic nitrogens is 1. The molecule has 0 spiro atoms. The van der Waals surface area contributed by atoms with Crippen molar-refractivity contribution in [3.05, 3.63) is 24.1 Å². The van der Waals surface area contributed by atoms with Gasteiger partial charge in [-0.1, -0.05) is 25.7 Å². The maximum atomic E-state index is 13.2. The third kappa shape index (κ3) is 5.48. The maximum absolute atomic E-state index is 13.2. The summed E-state index contributed by atoms with van der Waals surface area (Å²) in [7, 11) is 0. The van der Waals surface area contributed by atoms with Gasteiger partial charge in [-0.3, -0.25) is 24.6 Å². The first kappa shape index (κ1) is 21.1. The average molecular weight is 407 g/mol. The molecule has 0 aromatic carbocycles. The van der Waals surface area contributed by atoms with Gasteiger partial charge in [0, 0.05) is 6.54 Å².